The van der Waals surface area contributed by atoms with Crippen LogP contribution in [0, 0.1) is 6.92 Å². The van der Waals surface area contributed by atoms with E-state index in [0.717, 1.165) is 20.5 Å². The van der Waals surface area contributed by atoms with Crippen LogP contribution in [-0.4, -0.2) is 19.8 Å². The molecule has 2 aromatic rings. The molecule has 3 nitrogen and oxygen atoms in total. The molecule has 0 spiro atoms. The molecule has 0 saturated heterocycles. The average Bonchev–Trinajstić information content (AvgIpc) is 2.68. The Kier molecular flexibility index (Phi) is 4.15. The van der Waals surface area contributed by atoms with Gasteiger partial charge in [-0.25, -0.2) is 8.42 Å². The summed E-state index contributed by atoms with van der Waals surface area (Å²) in [6.07, 6.45) is 0.432. The molecule has 0 aliphatic heterocycles. The lowest BCUT2D eigenvalue weighted by Gasteiger charge is -2.09. The second-order valence-corrected chi connectivity index (χ2v) is 8.45. The second kappa shape index (κ2) is 5.36. The van der Waals surface area contributed by atoms with Crippen molar-refractivity contribution in [3.05, 3.63) is 50.1 Å². The summed E-state index contributed by atoms with van der Waals surface area (Å²) in [5, 5.41) is 10.3. The summed E-state index contributed by atoms with van der Waals surface area (Å²) >= 11 is 4.93. The van der Waals surface area contributed by atoms with Crippen LogP contribution in [0.5, 0.6) is 0 Å². The zero-order valence-electron chi connectivity index (χ0n) is 10.4. The van der Waals surface area contributed by atoms with Gasteiger partial charge in [0.1, 0.15) is 6.10 Å². The van der Waals surface area contributed by atoms with Crippen LogP contribution in [0.3, 0.4) is 0 Å². The summed E-state index contributed by atoms with van der Waals surface area (Å²) in [7, 11) is -3.20. The van der Waals surface area contributed by atoms with E-state index < -0.39 is 15.9 Å². The Labute approximate surface area is 125 Å². The van der Waals surface area contributed by atoms with Crippen LogP contribution >= 0.6 is 27.3 Å². The molecule has 1 aromatic carbocycles. The number of thiophene rings is 1. The molecule has 1 N–H and O–H groups in total. The molecular weight excluding hydrogens is 348 g/mol. The van der Waals surface area contributed by atoms with E-state index in [1.165, 1.54) is 23.5 Å². The second-order valence-electron chi connectivity index (χ2n) is 4.30. The van der Waals surface area contributed by atoms with Crippen LogP contribution < -0.4 is 0 Å². The molecule has 102 valence electrons. The van der Waals surface area contributed by atoms with Crippen LogP contribution in [0.2, 0.25) is 0 Å². The minimum absolute atomic E-state index is 0.256. The minimum Gasteiger partial charge on any atom is -0.383 e. The first-order valence-corrected chi connectivity index (χ1v) is 9.03. The van der Waals surface area contributed by atoms with Gasteiger partial charge in [0.15, 0.2) is 9.84 Å². The van der Waals surface area contributed by atoms with Crippen LogP contribution in [0.1, 0.15) is 21.4 Å². The highest BCUT2D eigenvalue weighted by Gasteiger charge is 2.15. The molecule has 0 amide bonds. The number of aliphatic hydroxyl groups excluding tert-OH is 1. The van der Waals surface area contributed by atoms with E-state index in [4.69, 9.17) is 0 Å². The monoisotopic (exact) mass is 360 g/mol. The molecular formula is C13H13BrO3S2. The van der Waals surface area contributed by atoms with Crippen molar-refractivity contribution in [3.63, 3.8) is 0 Å². The van der Waals surface area contributed by atoms with E-state index in [1.54, 1.807) is 12.1 Å². The third-order valence-electron chi connectivity index (χ3n) is 2.77. The van der Waals surface area contributed by atoms with Gasteiger partial charge in [-0.1, -0.05) is 12.1 Å². The van der Waals surface area contributed by atoms with E-state index in [-0.39, 0.29) is 4.90 Å². The van der Waals surface area contributed by atoms with Crippen molar-refractivity contribution in [3.8, 4) is 0 Å². The SMILES string of the molecule is Cc1sc(C(O)c2ccc(S(C)(=O)=O)cc2)cc1Br. The average molecular weight is 361 g/mol. The number of rotatable bonds is 3. The number of sulfone groups is 1. The van der Waals surface area contributed by atoms with Gasteiger partial charge in [0.2, 0.25) is 0 Å². The molecule has 1 atom stereocenters. The van der Waals surface area contributed by atoms with Crippen LogP contribution in [0.4, 0.5) is 0 Å². The molecule has 1 aromatic heterocycles. The normalized spacial score (nSPS) is 13.5. The third-order valence-corrected chi connectivity index (χ3v) is 6.09. The van der Waals surface area contributed by atoms with Gasteiger partial charge in [-0.05, 0) is 46.6 Å². The Morgan fingerprint density at radius 3 is 2.26 bits per heavy atom. The number of hydrogen-bond donors (Lipinski definition) is 1. The van der Waals surface area contributed by atoms with Gasteiger partial charge in [-0.3, -0.25) is 0 Å². The minimum atomic E-state index is -3.20. The summed E-state index contributed by atoms with van der Waals surface area (Å²) in [5.41, 5.74) is 0.682. The molecule has 0 aliphatic carbocycles. The fourth-order valence-corrected chi connectivity index (χ4v) is 3.88. The number of aryl methyl sites for hydroxylation is 1. The third kappa shape index (κ3) is 3.25. The lowest BCUT2D eigenvalue weighted by molar-refractivity contribution is 0.224. The Hall–Kier alpha value is -0.690. The predicted molar refractivity (Wildman–Crippen MR) is 80.4 cm³/mol. The lowest BCUT2D eigenvalue weighted by Crippen LogP contribution is -2.00. The molecule has 0 bridgehead atoms. The number of hydrogen-bond acceptors (Lipinski definition) is 4. The first-order valence-electron chi connectivity index (χ1n) is 5.53. The maximum atomic E-state index is 11.4. The van der Waals surface area contributed by atoms with E-state index in [1.807, 2.05) is 13.0 Å². The van der Waals surface area contributed by atoms with Crippen LogP contribution in [0.15, 0.2) is 39.7 Å². The lowest BCUT2D eigenvalue weighted by atomic mass is 10.1. The molecule has 1 heterocycles. The molecule has 2 rings (SSSR count). The number of halogens is 1. The standard InChI is InChI=1S/C13H13BrO3S2/c1-8-11(14)7-12(18-8)13(15)9-3-5-10(6-4-9)19(2,16)17/h3-7,13,15H,1-2H3. The zero-order chi connectivity index (χ0) is 14.2. The topological polar surface area (TPSA) is 54.4 Å². The Balaban J connectivity index is 2.32. The summed E-state index contributed by atoms with van der Waals surface area (Å²) in [5.74, 6) is 0. The first kappa shape index (κ1) is 14.7. The first-order chi connectivity index (χ1) is 8.79. The molecule has 0 fully saturated rings. The van der Waals surface area contributed by atoms with E-state index in [0.29, 0.717) is 5.56 Å². The van der Waals surface area contributed by atoms with Gasteiger partial charge in [-0.2, -0.15) is 0 Å². The van der Waals surface area contributed by atoms with E-state index >= 15 is 0 Å². The van der Waals surface area contributed by atoms with Crippen molar-refractivity contribution in [2.75, 3.05) is 6.26 Å². The highest BCUT2D eigenvalue weighted by Crippen LogP contribution is 2.33. The number of benzene rings is 1. The molecule has 0 saturated carbocycles. The Morgan fingerprint density at radius 1 is 1.26 bits per heavy atom. The van der Waals surface area contributed by atoms with Gasteiger partial charge in [0.05, 0.1) is 4.90 Å². The molecule has 6 heteroatoms. The predicted octanol–water partition coefficient (Wildman–Crippen LogP) is 3.30. The van der Waals surface area contributed by atoms with Crippen LogP contribution in [0.25, 0.3) is 0 Å². The van der Waals surface area contributed by atoms with Gasteiger partial charge >= 0.3 is 0 Å². The summed E-state index contributed by atoms with van der Waals surface area (Å²) in [6.45, 7) is 1.97. The Morgan fingerprint density at radius 2 is 1.84 bits per heavy atom. The van der Waals surface area contributed by atoms with Crippen molar-refractivity contribution in [1.82, 2.24) is 0 Å². The van der Waals surface area contributed by atoms with Crippen molar-refractivity contribution < 1.29 is 13.5 Å². The fraction of sp³-hybridized carbons (Fsp3) is 0.231. The van der Waals surface area contributed by atoms with E-state index in [2.05, 4.69) is 15.9 Å². The maximum absolute atomic E-state index is 11.4. The highest BCUT2D eigenvalue weighted by molar-refractivity contribution is 9.10. The Bertz CT molecular complexity index is 668. The van der Waals surface area contributed by atoms with Crippen molar-refractivity contribution in [2.45, 2.75) is 17.9 Å². The van der Waals surface area contributed by atoms with Gasteiger partial charge in [0, 0.05) is 20.5 Å². The van der Waals surface area contributed by atoms with Crippen molar-refractivity contribution in [1.29, 1.82) is 0 Å². The quantitative estimate of drug-likeness (QED) is 0.913. The van der Waals surface area contributed by atoms with E-state index in [9.17, 15) is 13.5 Å². The summed E-state index contributed by atoms with van der Waals surface area (Å²) in [4.78, 5) is 2.19. The molecule has 1 unspecified atom stereocenters. The highest BCUT2D eigenvalue weighted by atomic mass is 79.9. The van der Waals surface area contributed by atoms with Crippen molar-refractivity contribution in [2.24, 2.45) is 0 Å². The maximum Gasteiger partial charge on any atom is 0.175 e. The van der Waals surface area contributed by atoms with Gasteiger partial charge in [0.25, 0.3) is 0 Å². The molecule has 0 radical (unpaired) electrons. The number of aliphatic hydroxyl groups is 1. The largest absolute Gasteiger partial charge is 0.383 e. The molecule has 0 aliphatic rings. The smallest absolute Gasteiger partial charge is 0.175 e. The van der Waals surface area contributed by atoms with Gasteiger partial charge < -0.3 is 5.11 Å². The summed E-state index contributed by atoms with van der Waals surface area (Å²) in [6, 6.07) is 8.20. The van der Waals surface area contributed by atoms with Crippen LogP contribution in [-0.2, 0) is 9.84 Å². The van der Waals surface area contributed by atoms with Crippen molar-refractivity contribution >= 4 is 37.1 Å². The fourth-order valence-electron chi connectivity index (χ4n) is 1.68. The van der Waals surface area contributed by atoms with Gasteiger partial charge in [-0.15, -0.1) is 11.3 Å². The molecule has 19 heavy (non-hydrogen) atoms. The summed E-state index contributed by atoms with van der Waals surface area (Å²) < 4.78 is 23.7. The zero-order valence-corrected chi connectivity index (χ0v) is 13.6.